The van der Waals surface area contributed by atoms with Gasteiger partial charge in [-0.3, -0.25) is 10.1 Å². The molecule has 3 aromatic rings. The van der Waals surface area contributed by atoms with E-state index in [1.54, 1.807) is 18.2 Å². The van der Waals surface area contributed by atoms with Crippen LogP contribution >= 0.6 is 0 Å². The number of anilines is 2. The average molecular weight is 336 g/mol. The van der Waals surface area contributed by atoms with Crippen molar-refractivity contribution in [2.75, 3.05) is 5.32 Å². The molecule has 7 nitrogen and oxygen atoms in total. The Morgan fingerprint density at radius 3 is 2.48 bits per heavy atom. The predicted molar refractivity (Wildman–Crippen MR) is 94.4 cm³/mol. The number of hydrogen-bond donors (Lipinski definition) is 1. The van der Waals surface area contributed by atoms with Gasteiger partial charge in [-0.05, 0) is 49.2 Å². The van der Waals surface area contributed by atoms with Gasteiger partial charge in [-0.2, -0.15) is 4.98 Å². The lowest BCUT2D eigenvalue weighted by Crippen LogP contribution is -2.03. The Kier molecular flexibility index (Phi) is 4.56. The molecule has 126 valence electrons. The fourth-order valence-corrected chi connectivity index (χ4v) is 2.24. The summed E-state index contributed by atoms with van der Waals surface area (Å²) in [4.78, 5) is 18.9. The molecule has 0 fully saturated rings. The van der Waals surface area contributed by atoms with Crippen molar-refractivity contribution in [2.45, 2.75) is 13.8 Å². The highest BCUT2D eigenvalue weighted by Crippen LogP contribution is 2.35. The van der Waals surface area contributed by atoms with Crippen LogP contribution in [0.5, 0.6) is 11.6 Å². The van der Waals surface area contributed by atoms with Crippen LogP contribution in [0, 0.1) is 24.0 Å². The van der Waals surface area contributed by atoms with E-state index in [1.807, 2.05) is 44.2 Å². The van der Waals surface area contributed by atoms with Crippen LogP contribution in [0.2, 0.25) is 0 Å². The van der Waals surface area contributed by atoms with E-state index in [9.17, 15) is 10.1 Å². The van der Waals surface area contributed by atoms with E-state index in [0.717, 1.165) is 11.1 Å². The maximum Gasteiger partial charge on any atom is 0.373 e. The van der Waals surface area contributed by atoms with Crippen LogP contribution < -0.4 is 10.1 Å². The van der Waals surface area contributed by atoms with Gasteiger partial charge in [0, 0.05) is 5.69 Å². The summed E-state index contributed by atoms with van der Waals surface area (Å²) in [6, 6.07) is 14.5. The second-order valence-corrected chi connectivity index (χ2v) is 5.47. The number of aryl methyl sites for hydroxylation is 2. The third-order valence-corrected chi connectivity index (χ3v) is 3.70. The summed E-state index contributed by atoms with van der Waals surface area (Å²) in [6.45, 7) is 3.92. The first kappa shape index (κ1) is 16.4. The first-order valence-corrected chi connectivity index (χ1v) is 7.61. The molecule has 0 aliphatic carbocycles. The second kappa shape index (κ2) is 6.96. The minimum Gasteiger partial charge on any atom is -0.434 e. The van der Waals surface area contributed by atoms with Gasteiger partial charge >= 0.3 is 11.6 Å². The van der Waals surface area contributed by atoms with E-state index in [2.05, 4.69) is 15.3 Å². The molecule has 0 radical (unpaired) electrons. The summed E-state index contributed by atoms with van der Waals surface area (Å²) >= 11 is 0. The molecule has 0 saturated carbocycles. The second-order valence-electron chi connectivity index (χ2n) is 5.47. The van der Waals surface area contributed by atoms with Gasteiger partial charge in [0.1, 0.15) is 12.1 Å². The molecular weight excluding hydrogens is 320 g/mol. The summed E-state index contributed by atoms with van der Waals surface area (Å²) in [6.07, 6.45) is 1.23. The van der Waals surface area contributed by atoms with Crippen molar-refractivity contribution < 1.29 is 9.66 Å². The highest BCUT2D eigenvalue weighted by molar-refractivity contribution is 5.68. The van der Waals surface area contributed by atoms with Crippen LogP contribution in [0.15, 0.2) is 54.9 Å². The molecule has 0 spiro atoms. The number of benzene rings is 2. The van der Waals surface area contributed by atoms with Crippen molar-refractivity contribution in [2.24, 2.45) is 0 Å². The van der Waals surface area contributed by atoms with Crippen molar-refractivity contribution in [3.63, 3.8) is 0 Å². The Bertz CT molecular complexity index is 913. The Morgan fingerprint density at radius 2 is 1.80 bits per heavy atom. The van der Waals surface area contributed by atoms with Crippen LogP contribution in [-0.4, -0.2) is 14.9 Å². The van der Waals surface area contributed by atoms with E-state index in [1.165, 1.54) is 6.33 Å². The Hall–Kier alpha value is -3.48. The van der Waals surface area contributed by atoms with Crippen LogP contribution in [0.4, 0.5) is 17.2 Å². The summed E-state index contributed by atoms with van der Waals surface area (Å²) in [7, 11) is 0. The minimum atomic E-state index is -0.554. The zero-order chi connectivity index (χ0) is 17.8. The zero-order valence-corrected chi connectivity index (χ0v) is 13.8. The zero-order valence-electron chi connectivity index (χ0n) is 13.8. The predicted octanol–water partition coefficient (Wildman–Crippen LogP) is 4.54. The van der Waals surface area contributed by atoms with E-state index in [4.69, 9.17) is 4.74 Å². The Labute approximate surface area is 144 Å². The maximum absolute atomic E-state index is 11.5. The van der Waals surface area contributed by atoms with Crippen molar-refractivity contribution in [3.05, 3.63) is 76.1 Å². The Balaban J connectivity index is 1.97. The Morgan fingerprint density at radius 1 is 1.04 bits per heavy atom. The summed E-state index contributed by atoms with van der Waals surface area (Å²) < 4.78 is 5.65. The third-order valence-electron chi connectivity index (χ3n) is 3.70. The van der Waals surface area contributed by atoms with Crippen molar-refractivity contribution in [1.82, 2.24) is 9.97 Å². The molecule has 1 aromatic heterocycles. The number of para-hydroxylation sites is 1. The molecule has 0 aliphatic rings. The SMILES string of the molecule is Cc1ccc(Oc2ncnc(Nc3ccccc3)c2[N+](=O)[O-])cc1C. The van der Waals surface area contributed by atoms with Crippen LogP contribution in [-0.2, 0) is 0 Å². The number of ether oxygens (including phenoxy) is 1. The molecular formula is C18H16N4O3. The molecule has 1 heterocycles. The van der Waals surface area contributed by atoms with Crippen LogP contribution in [0.25, 0.3) is 0 Å². The lowest BCUT2D eigenvalue weighted by molar-refractivity contribution is -0.385. The summed E-state index contributed by atoms with van der Waals surface area (Å²) in [5, 5.41) is 14.5. The molecule has 25 heavy (non-hydrogen) atoms. The lowest BCUT2D eigenvalue weighted by atomic mass is 10.1. The molecule has 3 rings (SSSR count). The molecule has 1 N–H and O–H groups in total. The van der Waals surface area contributed by atoms with Gasteiger partial charge < -0.3 is 10.1 Å². The number of nitro groups is 1. The van der Waals surface area contributed by atoms with Gasteiger partial charge in [0.2, 0.25) is 5.82 Å². The molecule has 2 aromatic carbocycles. The summed E-state index contributed by atoms with van der Waals surface area (Å²) in [5.74, 6) is 0.447. The largest absolute Gasteiger partial charge is 0.434 e. The fourth-order valence-electron chi connectivity index (χ4n) is 2.24. The van der Waals surface area contributed by atoms with E-state index in [0.29, 0.717) is 11.4 Å². The third kappa shape index (κ3) is 3.72. The van der Waals surface area contributed by atoms with Crippen LogP contribution in [0.3, 0.4) is 0 Å². The number of aromatic nitrogens is 2. The molecule has 0 unspecified atom stereocenters. The van der Waals surface area contributed by atoms with Crippen molar-refractivity contribution >= 4 is 17.2 Å². The number of nitrogens with zero attached hydrogens (tertiary/aromatic N) is 3. The first-order chi connectivity index (χ1) is 12.0. The van der Waals surface area contributed by atoms with Gasteiger partial charge in [-0.15, -0.1) is 0 Å². The van der Waals surface area contributed by atoms with Crippen LogP contribution in [0.1, 0.15) is 11.1 Å². The van der Waals surface area contributed by atoms with Gasteiger partial charge in [0.15, 0.2) is 0 Å². The molecule has 0 aliphatic heterocycles. The lowest BCUT2D eigenvalue weighted by Gasteiger charge is -2.10. The maximum atomic E-state index is 11.5. The van der Waals surface area contributed by atoms with E-state index in [-0.39, 0.29) is 17.4 Å². The first-order valence-electron chi connectivity index (χ1n) is 7.61. The van der Waals surface area contributed by atoms with Gasteiger partial charge in [-0.25, -0.2) is 4.98 Å². The van der Waals surface area contributed by atoms with Gasteiger partial charge in [0.05, 0.1) is 4.92 Å². The normalized spacial score (nSPS) is 10.3. The van der Waals surface area contributed by atoms with Gasteiger partial charge in [0.25, 0.3) is 0 Å². The van der Waals surface area contributed by atoms with E-state index < -0.39 is 4.92 Å². The molecule has 0 saturated heterocycles. The molecule has 0 atom stereocenters. The highest BCUT2D eigenvalue weighted by Gasteiger charge is 2.25. The number of nitrogens with one attached hydrogen (secondary N) is 1. The number of rotatable bonds is 5. The minimum absolute atomic E-state index is 0.0741. The van der Waals surface area contributed by atoms with Gasteiger partial charge in [-0.1, -0.05) is 24.3 Å². The quantitative estimate of drug-likeness (QED) is 0.543. The van der Waals surface area contributed by atoms with E-state index >= 15 is 0 Å². The summed E-state index contributed by atoms with van der Waals surface area (Å²) in [5.41, 5.74) is 2.50. The topological polar surface area (TPSA) is 90.2 Å². The smallest absolute Gasteiger partial charge is 0.373 e. The molecule has 7 heteroatoms. The number of hydrogen-bond acceptors (Lipinski definition) is 6. The van der Waals surface area contributed by atoms with Crippen molar-refractivity contribution in [1.29, 1.82) is 0 Å². The average Bonchev–Trinajstić information content (AvgIpc) is 2.59. The molecule has 0 amide bonds. The monoisotopic (exact) mass is 336 g/mol. The molecule has 0 bridgehead atoms. The fraction of sp³-hybridized carbons (Fsp3) is 0.111. The highest BCUT2D eigenvalue weighted by atomic mass is 16.6. The standard InChI is InChI=1S/C18H16N4O3/c1-12-8-9-15(10-13(12)2)25-18-16(22(23)24)17(19-11-20-18)21-14-6-4-3-5-7-14/h3-11H,1-2H3,(H,19,20,21). The van der Waals surface area contributed by atoms with Crippen molar-refractivity contribution in [3.8, 4) is 11.6 Å².